The quantitative estimate of drug-likeness (QED) is 0.659. The Morgan fingerprint density at radius 2 is 1.95 bits per heavy atom. The molecular weight excluding hydrogens is 267 g/mol. The lowest BCUT2D eigenvalue weighted by molar-refractivity contribution is 0.101. The number of nitrogens with two attached hydrogens (primary N) is 1. The van der Waals surface area contributed by atoms with Crippen LogP contribution in [0, 0.1) is 5.82 Å². The number of hydrogen-bond donors (Lipinski definition) is 2. The summed E-state index contributed by atoms with van der Waals surface area (Å²) in [7, 11) is 0. The molecule has 2 aromatic carbocycles. The highest BCUT2D eigenvalue weighted by atomic mass is 35.5. The molecule has 3 nitrogen and oxygen atoms in total. The number of ketones is 1. The maximum absolute atomic E-state index is 13.2. The van der Waals surface area contributed by atoms with E-state index < -0.39 is 5.82 Å². The van der Waals surface area contributed by atoms with Crippen molar-refractivity contribution in [3.05, 3.63) is 52.8 Å². The van der Waals surface area contributed by atoms with Crippen LogP contribution in [0.4, 0.5) is 21.5 Å². The van der Waals surface area contributed by atoms with E-state index in [0.29, 0.717) is 27.6 Å². The van der Waals surface area contributed by atoms with Crippen molar-refractivity contribution in [3.8, 4) is 0 Å². The molecule has 2 aromatic rings. The first-order chi connectivity index (χ1) is 8.95. The third-order valence-corrected chi connectivity index (χ3v) is 2.80. The predicted molar refractivity (Wildman–Crippen MR) is 75.6 cm³/mol. The van der Waals surface area contributed by atoms with E-state index >= 15 is 0 Å². The maximum atomic E-state index is 13.2. The van der Waals surface area contributed by atoms with Crippen LogP contribution in [0.15, 0.2) is 36.4 Å². The molecule has 0 aliphatic heterocycles. The van der Waals surface area contributed by atoms with Gasteiger partial charge < -0.3 is 11.1 Å². The Morgan fingerprint density at radius 1 is 1.21 bits per heavy atom. The molecule has 0 fully saturated rings. The number of halogens is 2. The minimum atomic E-state index is -0.433. The molecule has 0 aliphatic rings. The monoisotopic (exact) mass is 278 g/mol. The van der Waals surface area contributed by atoms with E-state index in [4.69, 9.17) is 17.3 Å². The zero-order valence-electron chi connectivity index (χ0n) is 10.2. The Labute approximate surface area is 115 Å². The largest absolute Gasteiger partial charge is 0.398 e. The van der Waals surface area contributed by atoms with Crippen molar-refractivity contribution in [1.29, 1.82) is 0 Å². The fraction of sp³-hybridized carbons (Fsp3) is 0.0714. The van der Waals surface area contributed by atoms with E-state index in [1.807, 2.05) is 0 Å². The van der Waals surface area contributed by atoms with E-state index in [1.54, 1.807) is 24.3 Å². The second-order valence-electron chi connectivity index (χ2n) is 4.14. The Hall–Kier alpha value is -2.07. The van der Waals surface area contributed by atoms with E-state index in [-0.39, 0.29) is 5.78 Å². The van der Waals surface area contributed by atoms with Gasteiger partial charge >= 0.3 is 0 Å². The smallest absolute Gasteiger partial charge is 0.161 e. The van der Waals surface area contributed by atoms with Gasteiger partial charge in [0.2, 0.25) is 0 Å². The summed E-state index contributed by atoms with van der Waals surface area (Å²) in [5.74, 6) is -0.560. The number of Topliss-reactive ketones (excluding diaryl/α,β-unsaturated/α-hetero) is 1. The lowest BCUT2D eigenvalue weighted by atomic mass is 10.1. The fourth-order valence-corrected chi connectivity index (χ4v) is 1.95. The molecular formula is C14H12ClFN2O. The Morgan fingerprint density at radius 3 is 2.58 bits per heavy atom. The minimum absolute atomic E-state index is 0.126. The maximum Gasteiger partial charge on any atom is 0.161 e. The van der Waals surface area contributed by atoms with Crippen molar-refractivity contribution < 1.29 is 9.18 Å². The molecule has 0 spiro atoms. The number of carbonyl (C=O) groups is 1. The van der Waals surface area contributed by atoms with E-state index in [2.05, 4.69) is 5.32 Å². The zero-order valence-corrected chi connectivity index (χ0v) is 11.0. The predicted octanol–water partition coefficient (Wildman–Crippen LogP) is 4.01. The molecule has 0 amide bonds. The van der Waals surface area contributed by atoms with Gasteiger partial charge in [0.05, 0.1) is 0 Å². The number of rotatable bonds is 3. The van der Waals surface area contributed by atoms with Crippen LogP contribution in [0.5, 0.6) is 0 Å². The summed E-state index contributed by atoms with van der Waals surface area (Å²) in [6.07, 6.45) is 0. The van der Waals surface area contributed by atoms with E-state index in [0.717, 1.165) is 0 Å². The first kappa shape index (κ1) is 13.4. The topological polar surface area (TPSA) is 55.1 Å². The number of carbonyl (C=O) groups excluding carboxylic acids is 1. The van der Waals surface area contributed by atoms with E-state index in [9.17, 15) is 9.18 Å². The summed E-state index contributed by atoms with van der Waals surface area (Å²) in [6.45, 7) is 1.44. The van der Waals surface area contributed by atoms with Crippen molar-refractivity contribution in [2.24, 2.45) is 0 Å². The zero-order chi connectivity index (χ0) is 14.0. The summed E-state index contributed by atoms with van der Waals surface area (Å²) in [5, 5.41) is 3.27. The second-order valence-corrected chi connectivity index (χ2v) is 4.58. The highest BCUT2D eigenvalue weighted by Gasteiger charge is 2.06. The summed E-state index contributed by atoms with van der Waals surface area (Å²) in [4.78, 5) is 11.4. The van der Waals surface area contributed by atoms with Gasteiger partial charge in [-0.1, -0.05) is 11.6 Å². The van der Waals surface area contributed by atoms with Crippen LogP contribution in [0.3, 0.4) is 0 Å². The Bertz CT molecular complexity index is 623. The number of anilines is 3. The molecule has 0 heterocycles. The van der Waals surface area contributed by atoms with Crippen LogP contribution in [0.25, 0.3) is 0 Å². The summed E-state index contributed by atoms with van der Waals surface area (Å²) in [6, 6.07) is 9.08. The van der Waals surface area contributed by atoms with Crippen LogP contribution in [-0.4, -0.2) is 5.78 Å². The van der Waals surface area contributed by atoms with Gasteiger partial charge in [-0.25, -0.2) is 4.39 Å². The molecule has 0 unspecified atom stereocenters. The molecule has 2 rings (SSSR count). The highest BCUT2D eigenvalue weighted by molar-refractivity contribution is 6.30. The first-order valence-electron chi connectivity index (χ1n) is 5.59. The molecule has 0 atom stereocenters. The van der Waals surface area contributed by atoms with Crippen molar-refractivity contribution in [2.45, 2.75) is 6.92 Å². The lowest BCUT2D eigenvalue weighted by Crippen LogP contribution is -2.01. The number of hydrogen-bond acceptors (Lipinski definition) is 3. The normalized spacial score (nSPS) is 10.3. The molecule has 98 valence electrons. The van der Waals surface area contributed by atoms with Crippen LogP contribution in [-0.2, 0) is 0 Å². The van der Waals surface area contributed by atoms with Crippen LogP contribution in [0.1, 0.15) is 17.3 Å². The molecule has 0 radical (unpaired) electrons. The van der Waals surface area contributed by atoms with Gasteiger partial charge in [-0.2, -0.15) is 0 Å². The molecule has 0 aliphatic carbocycles. The SMILES string of the molecule is CC(=O)c1cc(Nc2cc(F)cc(Cl)c2)ccc1N. The third-order valence-electron chi connectivity index (χ3n) is 2.58. The number of benzene rings is 2. The molecule has 0 aromatic heterocycles. The summed E-state index contributed by atoms with van der Waals surface area (Å²) in [5.41, 5.74) is 7.68. The Kier molecular flexibility index (Phi) is 3.71. The molecule has 19 heavy (non-hydrogen) atoms. The standard InChI is InChI=1S/C14H12ClFN2O/c1-8(19)13-7-11(2-3-14(13)17)18-12-5-9(15)4-10(16)6-12/h2-7,18H,17H2,1H3. The van der Waals surface area contributed by atoms with Gasteiger partial charge in [0.25, 0.3) is 0 Å². The summed E-state index contributed by atoms with van der Waals surface area (Å²) >= 11 is 5.77. The molecule has 0 saturated carbocycles. The van der Waals surface area contributed by atoms with Crippen molar-refractivity contribution in [1.82, 2.24) is 0 Å². The molecule has 0 saturated heterocycles. The van der Waals surface area contributed by atoms with Gasteiger partial charge in [-0.05, 0) is 43.3 Å². The fourth-order valence-electron chi connectivity index (χ4n) is 1.73. The van der Waals surface area contributed by atoms with Crippen LogP contribution < -0.4 is 11.1 Å². The van der Waals surface area contributed by atoms with Gasteiger partial charge in [0.1, 0.15) is 5.82 Å². The van der Waals surface area contributed by atoms with Gasteiger partial charge in [-0.15, -0.1) is 0 Å². The third kappa shape index (κ3) is 3.23. The van der Waals surface area contributed by atoms with Crippen molar-refractivity contribution in [2.75, 3.05) is 11.1 Å². The number of nitrogens with one attached hydrogen (secondary N) is 1. The molecule has 0 bridgehead atoms. The van der Waals surface area contributed by atoms with Gasteiger partial charge in [-0.3, -0.25) is 4.79 Å². The van der Waals surface area contributed by atoms with Gasteiger partial charge in [0.15, 0.2) is 5.78 Å². The average molecular weight is 279 g/mol. The van der Waals surface area contributed by atoms with Crippen LogP contribution >= 0.6 is 11.6 Å². The highest BCUT2D eigenvalue weighted by Crippen LogP contribution is 2.24. The first-order valence-corrected chi connectivity index (χ1v) is 5.97. The molecule has 3 N–H and O–H groups in total. The lowest BCUT2D eigenvalue weighted by Gasteiger charge is -2.09. The average Bonchev–Trinajstić information content (AvgIpc) is 2.30. The second kappa shape index (κ2) is 5.28. The minimum Gasteiger partial charge on any atom is -0.398 e. The van der Waals surface area contributed by atoms with Crippen molar-refractivity contribution >= 4 is 34.4 Å². The summed E-state index contributed by atoms with van der Waals surface area (Å²) < 4.78 is 13.2. The Balaban J connectivity index is 2.33. The van der Waals surface area contributed by atoms with Crippen molar-refractivity contribution in [3.63, 3.8) is 0 Å². The number of nitrogen functional groups attached to an aromatic ring is 1. The van der Waals surface area contributed by atoms with Gasteiger partial charge in [0, 0.05) is 27.6 Å². The van der Waals surface area contributed by atoms with Crippen LogP contribution in [0.2, 0.25) is 5.02 Å². The van der Waals surface area contributed by atoms with E-state index in [1.165, 1.54) is 19.1 Å². The molecule has 5 heteroatoms.